The van der Waals surface area contributed by atoms with Gasteiger partial charge in [0, 0.05) is 12.4 Å². The minimum atomic E-state index is 0.406. The Bertz CT molecular complexity index is 453. The molecule has 0 aliphatic heterocycles. The summed E-state index contributed by atoms with van der Waals surface area (Å²) in [7, 11) is 0. The Hall–Kier alpha value is -1.67. The topological polar surface area (TPSA) is 38.9 Å². The molecular weight excluding hydrogens is 220 g/mol. The highest BCUT2D eigenvalue weighted by Crippen LogP contribution is 2.28. The average Bonchev–Trinajstić information content (AvgIpc) is 2.46. The summed E-state index contributed by atoms with van der Waals surface area (Å²) >= 11 is 0. The largest absolute Gasteiger partial charge is 0.330 e. The van der Waals surface area contributed by atoms with E-state index in [2.05, 4.69) is 54.4 Å². The van der Waals surface area contributed by atoms with E-state index in [1.54, 1.807) is 0 Å². The van der Waals surface area contributed by atoms with Crippen LogP contribution in [0.1, 0.15) is 36.3 Å². The maximum absolute atomic E-state index is 5.91. The van der Waals surface area contributed by atoms with Gasteiger partial charge in [-0.3, -0.25) is 4.98 Å². The summed E-state index contributed by atoms with van der Waals surface area (Å²) in [6.07, 6.45) is 4.75. The zero-order valence-electron chi connectivity index (χ0n) is 10.8. The summed E-state index contributed by atoms with van der Waals surface area (Å²) < 4.78 is 0. The van der Waals surface area contributed by atoms with Crippen LogP contribution in [0.5, 0.6) is 0 Å². The molecule has 0 radical (unpaired) electrons. The van der Waals surface area contributed by atoms with Crippen molar-refractivity contribution >= 4 is 0 Å². The quantitative estimate of drug-likeness (QED) is 0.870. The molecule has 1 aromatic heterocycles. The minimum Gasteiger partial charge on any atom is -0.330 e. The first-order chi connectivity index (χ1) is 8.81. The van der Waals surface area contributed by atoms with Gasteiger partial charge in [-0.15, -0.1) is 0 Å². The number of aromatic nitrogens is 1. The van der Waals surface area contributed by atoms with Crippen molar-refractivity contribution < 1.29 is 0 Å². The van der Waals surface area contributed by atoms with E-state index < -0.39 is 0 Å². The molecule has 0 fully saturated rings. The molecule has 0 saturated carbocycles. The van der Waals surface area contributed by atoms with Crippen LogP contribution in [0.4, 0.5) is 0 Å². The van der Waals surface area contributed by atoms with E-state index in [1.165, 1.54) is 11.1 Å². The normalized spacial score (nSPS) is 14.1. The second kappa shape index (κ2) is 6.31. The lowest BCUT2D eigenvalue weighted by Crippen LogP contribution is -2.15. The van der Waals surface area contributed by atoms with Crippen molar-refractivity contribution in [3.63, 3.8) is 0 Å². The number of hydrogen-bond acceptors (Lipinski definition) is 2. The van der Waals surface area contributed by atoms with E-state index in [-0.39, 0.29) is 0 Å². The molecule has 0 spiro atoms. The third-order valence-corrected chi connectivity index (χ3v) is 3.47. The van der Waals surface area contributed by atoms with Crippen LogP contribution >= 0.6 is 0 Å². The molecule has 2 rings (SSSR count). The van der Waals surface area contributed by atoms with Crippen LogP contribution in [0, 0.1) is 0 Å². The highest BCUT2D eigenvalue weighted by atomic mass is 14.6. The summed E-state index contributed by atoms with van der Waals surface area (Å²) in [6.45, 7) is 2.94. The van der Waals surface area contributed by atoms with Gasteiger partial charge in [0.15, 0.2) is 0 Å². The molecule has 2 N–H and O–H groups in total. The van der Waals surface area contributed by atoms with Gasteiger partial charge >= 0.3 is 0 Å². The fourth-order valence-corrected chi connectivity index (χ4v) is 2.35. The third-order valence-electron chi connectivity index (χ3n) is 3.47. The maximum atomic E-state index is 5.91. The van der Waals surface area contributed by atoms with Crippen LogP contribution in [0.25, 0.3) is 0 Å². The fraction of sp³-hybridized carbons (Fsp3) is 0.312. The smallest absolute Gasteiger partial charge is 0.0270 e. The van der Waals surface area contributed by atoms with Crippen molar-refractivity contribution in [1.29, 1.82) is 0 Å². The second-order valence-corrected chi connectivity index (χ2v) is 4.76. The molecule has 0 bridgehead atoms. The van der Waals surface area contributed by atoms with E-state index >= 15 is 0 Å². The van der Waals surface area contributed by atoms with Crippen molar-refractivity contribution in [1.82, 2.24) is 4.98 Å². The Labute approximate surface area is 109 Å². The Morgan fingerprint density at radius 2 is 1.67 bits per heavy atom. The molecule has 1 heterocycles. The van der Waals surface area contributed by atoms with Gasteiger partial charge in [0.25, 0.3) is 0 Å². The molecular formula is C16H20N2. The molecule has 94 valence electrons. The molecule has 2 nitrogen and oxygen atoms in total. The molecule has 2 heteroatoms. The first-order valence-corrected chi connectivity index (χ1v) is 6.46. The van der Waals surface area contributed by atoms with E-state index in [4.69, 9.17) is 5.73 Å². The lowest BCUT2D eigenvalue weighted by molar-refractivity contribution is 0.564. The SMILES string of the molecule is C[C@@H](C[C@@H](CN)c1ccncc1)c1ccccc1. The second-order valence-electron chi connectivity index (χ2n) is 4.76. The van der Waals surface area contributed by atoms with E-state index in [0.29, 0.717) is 18.4 Å². The van der Waals surface area contributed by atoms with Crippen LogP contribution in [-0.2, 0) is 0 Å². The Kier molecular flexibility index (Phi) is 4.48. The molecule has 0 amide bonds. The van der Waals surface area contributed by atoms with Crippen LogP contribution in [-0.4, -0.2) is 11.5 Å². The monoisotopic (exact) mass is 240 g/mol. The summed E-state index contributed by atoms with van der Waals surface area (Å²) in [5.41, 5.74) is 8.58. The van der Waals surface area contributed by atoms with Gasteiger partial charge in [-0.05, 0) is 48.1 Å². The van der Waals surface area contributed by atoms with Crippen molar-refractivity contribution in [3.8, 4) is 0 Å². The van der Waals surface area contributed by atoms with Gasteiger partial charge < -0.3 is 5.73 Å². The summed E-state index contributed by atoms with van der Waals surface area (Å²) in [6, 6.07) is 14.7. The van der Waals surface area contributed by atoms with Gasteiger partial charge in [0.1, 0.15) is 0 Å². The predicted molar refractivity (Wildman–Crippen MR) is 75.5 cm³/mol. The Morgan fingerprint density at radius 3 is 2.28 bits per heavy atom. The average molecular weight is 240 g/mol. The first kappa shape index (κ1) is 12.8. The van der Waals surface area contributed by atoms with Crippen LogP contribution < -0.4 is 5.73 Å². The Balaban J connectivity index is 2.07. The summed E-state index contributed by atoms with van der Waals surface area (Å²) in [5.74, 6) is 0.927. The summed E-state index contributed by atoms with van der Waals surface area (Å²) in [5, 5.41) is 0. The standard InChI is InChI=1S/C16H20N2/c1-13(14-5-3-2-4-6-14)11-16(12-17)15-7-9-18-10-8-15/h2-10,13,16H,11-12,17H2,1H3/t13-,16-/m0/s1. The van der Waals surface area contributed by atoms with Crippen molar-refractivity contribution in [2.45, 2.75) is 25.2 Å². The number of nitrogens with two attached hydrogens (primary N) is 1. The number of benzene rings is 1. The molecule has 1 aromatic carbocycles. The predicted octanol–water partition coefficient (Wildman–Crippen LogP) is 3.32. The van der Waals surface area contributed by atoms with Gasteiger partial charge in [0.2, 0.25) is 0 Å². The minimum absolute atomic E-state index is 0.406. The number of nitrogens with zero attached hydrogens (tertiary/aromatic N) is 1. The van der Waals surface area contributed by atoms with Crippen LogP contribution in [0.3, 0.4) is 0 Å². The summed E-state index contributed by atoms with van der Waals surface area (Å²) in [4.78, 5) is 4.06. The van der Waals surface area contributed by atoms with Gasteiger partial charge in [-0.1, -0.05) is 37.3 Å². The number of pyridine rings is 1. The highest BCUT2D eigenvalue weighted by molar-refractivity contribution is 5.22. The molecule has 0 saturated heterocycles. The first-order valence-electron chi connectivity index (χ1n) is 6.46. The fourth-order valence-electron chi connectivity index (χ4n) is 2.35. The van der Waals surface area contributed by atoms with Crippen LogP contribution in [0.2, 0.25) is 0 Å². The van der Waals surface area contributed by atoms with Gasteiger partial charge in [0.05, 0.1) is 0 Å². The number of rotatable bonds is 5. The highest BCUT2D eigenvalue weighted by Gasteiger charge is 2.14. The molecule has 2 atom stereocenters. The van der Waals surface area contributed by atoms with Gasteiger partial charge in [-0.2, -0.15) is 0 Å². The Morgan fingerprint density at radius 1 is 1.00 bits per heavy atom. The van der Waals surface area contributed by atoms with Crippen molar-refractivity contribution in [3.05, 3.63) is 66.0 Å². The zero-order chi connectivity index (χ0) is 12.8. The molecule has 0 unspecified atom stereocenters. The molecule has 2 aromatic rings. The van der Waals surface area contributed by atoms with E-state index in [9.17, 15) is 0 Å². The van der Waals surface area contributed by atoms with Crippen molar-refractivity contribution in [2.24, 2.45) is 5.73 Å². The molecule has 0 aliphatic rings. The van der Waals surface area contributed by atoms with Crippen LogP contribution in [0.15, 0.2) is 54.9 Å². The zero-order valence-corrected chi connectivity index (χ0v) is 10.8. The van der Waals surface area contributed by atoms with Gasteiger partial charge in [-0.25, -0.2) is 0 Å². The lowest BCUT2D eigenvalue weighted by Gasteiger charge is -2.20. The van der Waals surface area contributed by atoms with Crippen molar-refractivity contribution in [2.75, 3.05) is 6.54 Å². The van der Waals surface area contributed by atoms with E-state index in [0.717, 1.165) is 6.42 Å². The maximum Gasteiger partial charge on any atom is 0.0270 e. The third kappa shape index (κ3) is 3.17. The molecule has 0 aliphatic carbocycles. The molecule has 18 heavy (non-hydrogen) atoms. The lowest BCUT2D eigenvalue weighted by atomic mass is 9.86. The van der Waals surface area contributed by atoms with E-state index in [1.807, 2.05) is 12.4 Å². The number of hydrogen-bond donors (Lipinski definition) is 1.